The maximum atomic E-state index is 11.0. The highest BCUT2D eigenvalue weighted by Crippen LogP contribution is 2.24. The van der Waals surface area contributed by atoms with Gasteiger partial charge in [-0.15, -0.1) is 0 Å². The Balaban J connectivity index is 1.34. The number of carboxylic acid groups (broad SMARTS) is 1. The van der Waals surface area contributed by atoms with Crippen molar-refractivity contribution in [1.82, 2.24) is 9.97 Å². The van der Waals surface area contributed by atoms with Gasteiger partial charge in [-0.25, -0.2) is 4.98 Å². The predicted octanol–water partition coefficient (Wildman–Crippen LogP) is 4.83. The lowest BCUT2D eigenvalue weighted by atomic mass is 10.1. The summed E-state index contributed by atoms with van der Waals surface area (Å²) in [5.41, 5.74) is 2.90. The molecule has 0 aliphatic rings. The molecule has 7 nitrogen and oxygen atoms in total. The van der Waals surface area contributed by atoms with Crippen LogP contribution in [-0.2, 0) is 24.4 Å². The lowest BCUT2D eigenvalue weighted by Gasteiger charge is -2.10. The van der Waals surface area contributed by atoms with Gasteiger partial charge in [-0.05, 0) is 55.0 Å². The molecule has 0 spiro atoms. The number of pyridine rings is 1. The molecule has 0 amide bonds. The summed E-state index contributed by atoms with van der Waals surface area (Å²) in [6.07, 6.45) is 1.53. The van der Waals surface area contributed by atoms with E-state index in [0.717, 1.165) is 17.0 Å². The number of nitrogens with zero attached hydrogens (tertiary/aromatic N) is 2. The van der Waals surface area contributed by atoms with Gasteiger partial charge in [-0.2, -0.15) is 0 Å². The minimum Gasteiger partial charge on any atom is -0.487 e. The van der Waals surface area contributed by atoms with Gasteiger partial charge in [0, 0.05) is 11.8 Å². The minimum atomic E-state index is -0.904. The van der Waals surface area contributed by atoms with E-state index in [9.17, 15) is 4.79 Å². The Labute approximate surface area is 185 Å². The van der Waals surface area contributed by atoms with Gasteiger partial charge >= 0.3 is 5.97 Å². The van der Waals surface area contributed by atoms with Crippen molar-refractivity contribution in [3.05, 3.63) is 95.6 Å². The van der Waals surface area contributed by atoms with Crippen LogP contribution in [0.25, 0.3) is 11.5 Å². The lowest BCUT2D eigenvalue weighted by molar-refractivity contribution is -0.136. The summed E-state index contributed by atoms with van der Waals surface area (Å²) in [5.74, 6) is 1.69. The second-order valence-electron chi connectivity index (χ2n) is 7.12. The van der Waals surface area contributed by atoms with Crippen molar-refractivity contribution in [2.75, 3.05) is 0 Å². The zero-order valence-corrected chi connectivity index (χ0v) is 17.5. The molecule has 0 saturated carbocycles. The van der Waals surface area contributed by atoms with Crippen molar-refractivity contribution in [1.29, 1.82) is 0 Å². The summed E-state index contributed by atoms with van der Waals surface area (Å²) in [7, 11) is 0. The average molecular weight is 430 g/mol. The van der Waals surface area contributed by atoms with Crippen molar-refractivity contribution in [2.24, 2.45) is 0 Å². The third kappa shape index (κ3) is 5.31. The van der Waals surface area contributed by atoms with Gasteiger partial charge in [0.2, 0.25) is 5.89 Å². The number of benzene rings is 2. The van der Waals surface area contributed by atoms with E-state index in [0.29, 0.717) is 28.6 Å². The molecule has 32 heavy (non-hydrogen) atoms. The largest absolute Gasteiger partial charge is 0.487 e. The van der Waals surface area contributed by atoms with Crippen molar-refractivity contribution in [3.8, 4) is 23.0 Å². The first-order valence-corrected chi connectivity index (χ1v) is 10.1. The normalized spacial score (nSPS) is 10.7. The van der Waals surface area contributed by atoms with E-state index >= 15 is 0 Å². The van der Waals surface area contributed by atoms with Gasteiger partial charge in [0.25, 0.3) is 0 Å². The molecule has 162 valence electrons. The van der Waals surface area contributed by atoms with Crippen LogP contribution in [0.3, 0.4) is 0 Å². The zero-order valence-electron chi connectivity index (χ0n) is 17.5. The molecular formula is C25H22N2O5. The van der Waals surface area contributed by atoms with Gasteiger partial charge in [0.05, 0.1) is 12.1 Å². The molecule has 0 atom stereocenters. The van der Waals surface area contributed by atoms with E-state index in [1.807, 2.05) is 37.3 Å². The van der Waals surface area contributed by atoms with Crippen molar-refractivity contribution in [3.63, 3.8) is 0 Å². The zero-order chi connectivity index (χ0) is 22.3. The highest BCUT2D eigenvalue weighted by Gasteiger charge is 2.12. The van der Waals surface area contributed by atoms with Crippen molar-refractivity contribution >= 4 is 5.97 Å². The third-order valence-corrected chi connectivity index (χ3v) is 4.81. The molecule has 0 aliphatic heterocycles. The van der Waals surface area contributed by atoms with Crippen molar-refractivity contribution in [2.45, 2.75) is 26.6 Å². The van der Waals surface area contributed by atoms with Crippen LogP contribution in [0.1, 0.15) is 22.7 Å². The molecule has 2 aromatic heterocycles. The number of rotatable bonds is 9. The topological polar surface area (TPSA) is 94.7 Å². The Bertz CT molecular complexity index is 1190. The number of ether oxygens (including phenoxy) is 2. The number of aromatic nitrogens is 2. The summed E-state index contributed by atoms with van der Waals surface area (Å²) in [5, 5.41) is 9.02. The summed E-state index contributed by atoms with van der Waals surface area (Å²) in [6, 6.07) is 20.4. The molecule has 7 heteroatoms. The minimum absolute atomic E-state index is 0.0905. The lowest BCUT2D eigenvalue weighted by Crippen LogP contribution is -2.07. The predicted molar refractivity (Wildman–Crippen MR) is 117 cm³/mol. The molecule has 2 aromatic carbocycles. The first-order valence-electron chi connectivity index (χ1n) is 10.1. The van der Waals surface area contributed by atoms with E-state index in [2.05, 4.69) is 9.97 Å². The highest BCUT2D eigenvalue weighted by atomic mass is 16.5. The van der Waals surface area contributed by atoms with E-state index in [-0.39, 0.29) is 19.6 Å². The van der Waals surface area contributed by atoms with Crippen LogP contribution in [0.4, 0.5) is 0 Å². The Morgan fingerprint density at radius 3 is 2.22 bits per heavy atom. The second-order valence-corrected chi connectivity index (χ2v) is 7.12. The summed E-state index contributed by atoms with van der Waals surface area (Å²) in [4.78, 5) is 19.8. The van der Waals surface area contributed by atoms with Gasteiger partial charge in [-0.3, -0.25) is 9.78 Å². The van der Waals surface area contributed by atoms with Crippen molar-refractivity contribution < 1.29 is 23.8 Å². The Hall–Kier alpha value is -4.13. The summed E-state index contributed by atoms with van der Waals surface area (Å²) >= 11 is 0. The quantitative estimate of drug-likeness (QED) is 0.406. The number of oxazole rings is 1. The van der Waals surface area contributed by atoms with Gasteiger partial charge < -0.3 is 19.0 Å². The first kappa shape index (κ1) is 21.1. The average Bonchev–Trinajstić information content (AvgIpc) is 3.18. The van der Waals surface area contributed by atoms with Crippen LogP contribution >= 0.6 is 0 Å². The molecule has 0 bridgehead atoms. The monoisotopic (exact) mass is 430 g/mol. The molecule has 1 N–H and O–H groups in total. The van der Waals surface area contributed by atoms with Crippen LogP contribution < -0.4 is 9.47 Å². The molecule has 4 rings (SSSR count). The maximum Gasteiger partial charge on any atom is 0.307 e. The van der Waals surface area contributed by atoms with Crippen LogP contribution in [0.2, 0.25) is 0 Å². The van der Waals surface area contributed by atoms with Gasteiger partial charge in [-0.1, -0.05) is 24.3 Å². The number of hydrogen-bond donors (Lipinski definition) is 1. The second kappa shape index (κ2) is 9.78. The third-order valence-electron chi connectivity index (χ3n) is 4.81. The molecule has 0 radical (unpaired) electrons. The molecule has 4 aromatic rings. The molecular weight excluding hydrogens is 408 g/mol. The van der Waals surface area contributed by atoms with Gasteiger partial charge in [0.1, 0.15) is 36.2 Å². The van der Waals surface area contributed by atoms with Crippen LogP contribution in [0, 0.1) is 6.92 Å². The molecule has 0 saturated heterocycles. The fourth-order valence-corrected chi connectivity index (χ4v) is 3.13. The highest BCUT2D eigenvalue weighted by molar-refractivity contribution is 5.70. The first-order chi connectivity index (χ1) is 15.6. The maximum absolute atomic E-state index is 11.0. The van der Waals surface area contributed by atoms with E-state index in [1.165, 1.54) is 0 Å². The molecule has 0 unspecified atom stereocenters. The number of hydrogen-bond acceptors (Lipinski definition) is 6. The Morgan fingerprint density at radius 1 is 0.906 bits per heavy atom. The number of aryl methyl sites for hydroxylation is 1. The smallest absolute Gasteiger partial charge is 0.307 e. The van der Waals surface area contributed by atoms with Gasteiger partial charge in [0.15, 0.2) is 0 Å². The van der Waals surface area contributed by atoms with Crippen LogP contribution in [-0.4, -0.2) is 21.0 Å². The standard InChI is InChI=1S/C25H22N2O5/c1-17-22(27-25(32-17)18-6-3-2-4-7-18)15-30-20-9-11-21(12-10-20)31-16-23-19(14-24(28)29)8-5-13-26-23/h2-13H,14-16H2,1H3,(H,28,29). The molecule has 2 heterocycles. The fraction of sp³-hybridized carbons (Fsp3) is 0.160. The van der Waals surface area contributed by atoms with E-state index < -0.39 is 5.97 Å². The summed E-state index contributed by atoms with van der Waals surface area (Å²) in [6.45, 7) is 2.34. The Kier molecular flexibility index (Phi) is 6.46. The SMILES string of the molecule is Cc1oc(-c2ccccc2)nc1COc1ccc(OCc2ncccc2CC(=O)O)cc1. The fourth-order valence-electron chi connectivity index (χ4n) is 3.13. The van der Waals surface area contributed by atoms with E-state index in [4.69, 9.17) is 19.0 Å². The summed E-state index contributed by atoms with van der Waals surface area (Å²) < 4.78 is 17.4. The molecule has 0 aliphatic carbocycles. The Morgan fingerprint density at radius 2 is 1.56 bits per heavy atom. The van der Waals surface area contributed by atoms with Crippen LogP contribution in [0.5, 0.6) is 11.5 Å². The number of carbonyl (C=O) groups is 1. The molecule has 0 fully saturated rings. The van der Waals surface area contributed by atoms with Crippen LogP contribution in [0.15, 0.2) is 77.3 Å². The van der Waals surface area contributed by atoms with E-state index in [1.54, 1.807) is 42.6 Å². The number of carboxylic acids is 1. The number of aliphatic carboxylic acids is 1.